The van der Waals surface area contributed by atoms with E-state index in [0.717, 1.165) is 4.88 Å². The summed E-state index contributed by atoms with van der Waals surface area (Å²) in [6, 6.07) is 10.2. The highest BCUT2D eigenvalue weighted by Gasteiger charge is 2.24. The minimum Gasteiger partial charge on any atom is -0.493 e. The van der Waals surface area contributed by atoms with Gasteiger partial charge in [-0.05, 0) is 42.1 Å². The Balaban J connectivity index is 1.75. The molecule has 0 saturated heterocycles. The molecule has 4 aromatic rings. The molecule has 0 spiro atoms. The Labute approximate surface area is 206 Å². The molecule has 0 fully saturated rings. The van der Waals surface area contributed by atoms with Gasteiger partial charge in [-0.15, -0.1) is 11.3 Å². The van der Waals surface area contributed by atoms with E-state index in [1.54, 1.807) is 42.3 Å². The molecule has 9 nitrogen and oxygen atoms in total. The van der Waals surface area contributed by atoms with Gasteiger partial charge in [0.2, 0.25) is 0 Å². The zero-order valence-electron chi connectivity index (χ0n) is 19.9. The van der Waals surface area contributed by atoms with Crippen molar-refractivity contribution in [3.8, 4) is 22.1 Å². The number of rotatable bonds is 9. The number of thiophene rings is 1. The van der Waals surface area contributed by atoms with Crippen molar-refractivity contribution < 1.29 is 23.8 Å². The average Bonchev–Trinajstić information content (AvgIpc) is 3.57. The Kier molecular flexibility index (Phi) is 7.31. The van der Waals surface area contributed by atoms with Crippen molar-refractivity contribution in [1.29, 1.82) is 0 Å². The van der Waals surface area contributed by atoms with Crippen molar-refractivity contribution in [2.75, 3.05) is 21.3 Å². The molecule has 0 aliphatic rings. The number of nitrogens with zero attached hydrogens (tertiary/aromatic N) is 3. The second-order valence-electron chi connectivity index (χ2n) is 7.65. The molecule has 182 valence electrons. The van der Waals surface area contributed by atoms with Gasteiger partial charge in [0.15, 0.2) is 17.1 Å². The van der Waals surface area contributed by atoms with E-state index in [2.05, 4.69) is 10.4 Å². The molecule has 4 rings (SSSR count). The van der Waals surface area contributed by atoms with Crippen LogP contribution in [0.3, 0.4) is 0 Å². The molecule has 0 aliphatic heterocycles. The summed E-state index contributed by atoms with van der Waals surface area (Å²) in [4.78, 5) is 31.5. The predicted molar refractivity (Wildman–Crippen MR) is 133 cm³/mol. The summed E-state index contributed by atoms with van der Waals surface area (Å²) < 4.78 is 17.4. The first-order chi connectivity index (χ1) is 17.0. The number of amides is 1. The van der Waals surface area contributed by atoms with Gasteiger partial charge in [0, 0.05) is 6.54 Å². The van der Waals surface area contributed by atoms with Gasteiger partial charge in [0.05, 0.1) is 61.5 Å². The average molecular weight is 495 g/mol. The van der Waals surface area contributed by atoms with Crippen LogP contribution in [0.2, 0.25) is 0 Å². The number of esters is 1. The number of fused-ring (bicyclic) bond motifs is 1. The van der Waals surface area contributed by atoms with Crippen molar-refractivity contribution >= 4 is 34.2 Å². The third-order valence-electron chi connectivity index (χ3n) is 5.64. The number of carbonyl (C=O) groups is 2. The van der Waals surface area contributed by atoms with E-state index in [1.807, 2.05) is 24.4 Å². The molecule has 1 unspecified atom stereocenters. The van der Waals surface area contributed by atoms with Crippen LogP contribution < -0.4 is 14.8 Å². The second kappa shape index (κ2) is 10.6. The van der Waals surface area contributed by atoms with E-state index in [9.17, 15) is 9.59 Å². The number of pyridine rings is 1. The van der Waals surface area contributed by atoms with Crippen LogP contribution in [-0.4, -0.2) is 48.0 Å². The largest absolute Gasteiger partial charge is 0.493 e. The quantitative estimate of drug-likeness (QED) is 0.347. The van der Waals surface area contributed by atoms with Gasteiger partial charge in [-0.25, -0.2) is 9.67 Å². The fraction of sp³-hybridized carbons (Fsp3) is 0.280. The molecule has 1 N–H and O–H groups in total. The summed E-state index contributed by atoms with van der Waals surface area (Å²) in [6.07, 6.45) is 1.59. The topological polar surface area (TPSA) is 105 Å². The lowest BCUT2D eigenvalue weighted by Crippen LogP contribution is -2.30. The zero-order valence-corrected chi connectivity index (χ0v) is 20.7. The Morgan fingerprint density at radius 1 is 1.11 bits per heavy atom. The molecule has 3 aromatic heterocycles. The number of hydrogen-bond donors (Lipinski definition) is 1. The van der Waals surface area contributed by atoms with Gasteiger partial charge < -0.3 is 19.5 Å². The van der Waals surface area contributed by atoms with Crippen LogP contribution in [-0.2, 0) is 16.1 Å². The lowest BCUT2D eigenvalue weighted by atomic mass is 10.0. The molecule has 0 saturated carbocycles. The Morgan fingerprint density at radius 3 is 2.57 bits per heavy atom. The van der Waals surface area contributed by atoms with Crippen LogP contribution in [0, 0.1) is 0 Å². The van der Waals surface area contributed by atoms with Gasteiger partial charge >= 0.3 is 5.97 Å². The summed E-state index contributed by atoms with van der Waals surface area (Å²) in [6.45, 7) is 2.58. The van der Waals surface area contributed by atoms with Crippen LogP contribution in [0.4, 0.5) is 0 Å². The lowest BCUT2D eigenvalue weighted by Gasteiger charge is -2.20. The summed E-state index contributed by atoms with van der Waals surface area (Å²) in [5.41, 5.74) is 2.41. The fourth-order valence-corrected chi connectivity index (χ4v) is 4.51. The van der Waals surface area contributed by atoms with Crippen LogP contribution >= 0.6 is 11.3 Å². The van der Waals surface area contributed by atoms with Crippen molar-refractivity contribution in [1.82, 2.24) is 20.1 Å². The zero-order chi connectivity index (χ0) is 24.9. The molecule has 1 amide bonds. The van der Waals surface area contributed by atoms with Crippen LogP contribution in [0.15, 0.2) is 48.0 Å². The third-order valence-corrected chi connectivity index (χ3v) is 6.53. The van der Waals surface area contributed by atoms with Crippen LogP contribution in [0.25, 0.3) is 21.6 Å². The maximum absolute atomic E-state index is 13.6. The Morgan fingerprint density at radius 2 is 1.91 bits per heavy atom. The Bertz CT molecular complexity index is 1350. The van der Waals surface area contributed by atoms with E-state index in [4.69, 9.17) is 19.2 Å². The van der Waals surface area contributed by atoms with Gasteiger partial charge in [-0.2, -0.15) is 5.10 Å². The molecule has 3 heterocycles. The highest BCUT2D eigenvalue weighted by molar-refractivity contribution is 7.13. The van der Waals surface area contributed by atoms with E-state index in [0.29, 0.717) is 45.9 Å². The van der Waals surface area contributed by atoms with Crippen LogP contribution in [0.5, 0.6) is 11.5 Å². The normalized spacial score (nSPS) is 11.8. The third kappa shape index (κ3) is 4.97. The molecule has 0 radical (unpaired) electrons. The highest BCUT2D eigenvalue weighted by atomic mass is 32.1. The first-order valence-corrected chi connectivity index (χ1v) is 11.9. The number of hydrogen-bond acceptors (Lipinski definition) is 8. The lowest BCUT2D eigenvalue weighted by molar-refractivity contribution is -0.141. The number of nitrogens with one attached hydrogen (secondary N) is 1. The summed E-state index contributed by atoms with van der Waals surface area (Å²) in [5.74, 6) is 0.227. The number of ether oxygens (including phenoxy) is 3. The smallest absolute Gasteiger partial charge is 0.307 e. The summed E-state index contributed by atoms with van der Waals surface area (Å²) in [5, 5.41) is 9.98. The van der Waals surface area contributed by atoms with Gasteiger partial charge in [0.25, 0.3) is 5.91 Å². The number of aryl methyl sites for hydroxylation is 1. The van der Waals surface area contributed by atoms with E-state index >= 15 is 0 Å². The molecular formula is C25H26N4O5S. The highest BCUT2D eigenvalue weighted by Crippen LogP contribution is 2.32. The number of aromatic nitrogens is 3. The molecule has 1 aromatic carbocycles. The summed E-state index contributed by atoms with van der Waals surface area (Å²) in [7, 11) is 4.39. The Hall–Kier alpha value is -3.92. The van der Waals surface area contributed by atoms with E-state index in [-0.39, 0.29) is 12.3 Å². The minimum absolute atomic E-state index is 0.0576. The van der Waals surface area contributed by atoms with Crippen molar-refractivity contribution in [3.05, 3.63) is 59.1 Å². The molecule has 35 heavy (non-hydrogen) atoms. The van der Waals surface area contributed by atoms with Gasteiger partial charge in [0.1, 0.15) is 0 Å². The number of carbonyl (C=O) groups excluding carboxylic acids is 2. The maximum atomic E-state index is 13.6. The first-order valence-electron chi connectivity index (χ1n) is 11.0. The standard InChI is InChI=1S/C25H26N4O5S/c1-5-29-24-17(14-26-29)16(12-19(27-24)22-7-6-10-35-22)25(31)28-18(13-23(30)34-4)15-8-9-20(32-2)21(11-15)33-3/h6-12,14,18H,5,13H2,1-4H3,(H,28,31). The molecular weight excluding hydrogens is 468 g/mol. The predicted octanol–water partition coefficient (Wildman–Crippen LogP) is 4.23. The number of methoxy groups -OCH3 is 3. The molecule has 0 bridgehead atoms. The monoisotopic (exact) mass is 494 g/mol. The summed E-state index contributed by atoms with van der Waals surface area (Å²) >= 11 is 1.54. The maximum Gasteiger partial charge on any atom is 0.307 e. The van der Waals surface area contributed by atoms with E-state index < -0.39 is 12.0 Å². The molecule has 1 atom stereocenters. The SMILES string of the molecule is CCn1ncc2c(C(=O)NC(CC(=O)OC)c3ccc(OC)c(OC)c3)cc(-c3cccs3)nc21. The van der Waals surface area contributed by atoms with Gasteiger partial charge in [-0.1, -0.05) is 12.1 Å². The first kappa shape index (κ1) is 24.2. The van der Waals surface area contributed by atoms with Crippen molar-refractivity contribution in [2.24, 2.45) is 0 Å². The number of benzene rings is 1. The van der Waals surface area contributed by atoms with Crippen molar-refractivity contribution in [2.45, 2.75) is 25.9 Å². The van der Waals surface area contributed by atoms with E-state index in [1.165, 1.54) is 25.6 Å². The van der Waals surface area contributed by atoms with Gasteiger partial charge in [-0.3, -0.25) is 9.59 Å². The fourth-order valence-electron chi connectivity index (χ4n) is 3.83. The van der Waals surface area contributed by atoms with Crippen LogP contribution in [0.1, 0.15) is 35.3 Å². The minimum atomic E-state index is -0.663. The van der Waals surface area contributed by atoms with Crippen molar-refractivity contribution in [3.63, 3.8) is 0 Å². The second-order valence-corrected chi connectivity index (χ2v) is 8.60. The molecule has 0 aliphatic carbocycles. The molecule has 10 heteroatoms.